The Morgan fingerprint density at radius 3 is 2.28 bits per heavy atom. The molecule has 0 saturated carbocycles. The zero-order valence-electron chi connectivity index (χ0n) is 9.74. The minimum atomic E-state index is -0.300. The molecule has 92 valence electrons. The van der Waals surface area contributed by atoms with Crippen molar-refractivity contribution in [3.63, 3.8) is 0 Å². The molecule has 0 aromatic heterocycles. The Balaban J connectivity index is 2.40. The van der Waals surface area contributed by atoms with E-state index in [2.05, 4.69) is 0 Å². The second-order valence-corrected chi connectivity index (χ2v) is 3.88. The van der Waals surface area contributed by atoms with E-state index in [-0.39, 0.29) is 11.6 Å². The highest BCUT2D eigenvalue weighted by Gasteiger charge is 2.03. The average Bonchev–Trinajstić information content (AvgIpc) is 2.39. The molecule has 0 unspecified atom stereocenters. The zero-order chi connectivity index (χ0) is 13.0. The molecular weight excluding hydrogens is 232 g/mol. The molecule has 0 aliphatic carbocycles. The first-order valence-corrected chi connectivity index (χ1v) is 5.63. The van der Waals surface area contributed by atoms with Gasteiger partial charge in [0.1, 0.15) is 11.6 Å². The molecule has 0 aliphatic rings. The first-order chi connectivity index (χ1) is 8.70. The van der Waals surface area contributed by atoms with Crippen LogP contribution in [0.1, 0.15) is 5.56 Å². The summed E-state index contributed by atoms with van der Waals surface area (Å²) in [6, 6.07) is 10.9. The van der Waals surface area contributed by atoms with Crippen LogP contribution in [0.2, 0.25) is 0 Å². The molecule has 2 aromatic rings. The Morgan fingerprint density at radius 2 is 1.61 bits per heavy atom. The summed E-state index contributed by atoms with van der Waals surface area (Å²) in [5, 5.41) is 0. The fourth-order valence-corrected chi connectivity index (χ4v) is 1.69. The van der Waals surface area contributed by atoms with E-state index >= 15 is 0 Å². The Kier molecular flexibility index (Phi) is 3.85. The predicted octanol–water partition coefficient (Wildman–Crippen LogP) is 3.60. The summed E-state index contributed by atoms with van der Waals surface area (Å²) < 4.78 is 26.3. The second-order valence-electron chi connectivity index (χ2n) is 3.88. The predicted molar refractivity (Wildman–Crippen MR) is 69.9 cm³/mol. The monoisotopic (exact) mass is 245 g/mol. The van der Waals surface area contributed by atoms with Gasteiger partial charge in [0.25, 0.3) is 0 Å². The molecule has 0 heterocycles. The maximum atomic E-state index is 13.5. The van der Waals surface area contributed by atoms with Gasteiger partial charge in [0.15, 0.2) is 0 Å². The van der Waals surface area contributed by atoms with E-state index in [0.717, 1.165) is 11.1 Å². The van der Waals surface area contributed by atoms with Crippen LogP contribution in [0, 0.1) is 11.6 Å². The molecule has 2 N–H and O–H groups in total. The number of hydrogen-bond acceptors (Lipinski definition) is 1. The maximum absolute atomic E-state index is 13.5. The van der Waals surface area contributed by atoms with Gasteiger partial charge in [0, 0.05) is 12.1 Å². The summed E-state index contributed by atoms with van der Waals surface area (Å²) in [4.78, 5) is 0. The van der Waals surface area contributed by atoms with E-state index in [4.69, 9.17) is 5.73 Å². The first-order valence-electron chi connectivity index (χ1n) is 5.63. The molecule has 0 saturated heterocycles. The normalized spacial score (nSPS) is 11.1. The number of nitrogens with two attached hydrogens (primary N) is 1. The van der Waals surface area contributed by atoms with Crippen LogP contribution in [0.4, 0.5) is 8.78 Å². The van der Waals surface area contributed by atoms with Crippen molar-refractivity contribution in [1.82, 2.24) is 0 Å². The van der Waals surface area contributed by atoms with E-state index < -0.39 is 0 Å². The summed E-state index contributed by atoms with van der Waals surface area (Å²) in [7, 11) is 0. The number of benzene rings is 2. The molecule has 2 rings (SSSR count). The van der Waals surface area contributed by atoms with Crippen molar-refractivity contribution in [3.8, 4) is 11.1 Å². The fraction of sp³-hybridized carbons (Fsp3) is 0.0667. The third-order valence-corrected chi connectivity index (χ3v) is 2.61. The van der Waals surface area contributed by atoms with Crippen LogP contribution in [0.25, 0.3) is 17.2 Å². The van der Waals surface area contributed by atoms with Gasteiger partial charge >= 0.3 is 0 Å². The van der Waals surface area contributed by atoms with Crippen molar-refractivity contribution in [3.05, 3.63) is 65.7 Å². The van der Waals surface area contributed by atoms with Crippen molar-refractivity contribution in [2.75, 3.05) is 6.54 Å². The van der Waals surface area contributed by atoms with Crippen molar-refractivity contribution in [2.45, 2.75) is 0 Å². The van der Waals surface area contributed by atoms with Gasteiger partial charge in [-0.05, 0) is 35.4 Å². The van der Waals surface area contributed by atoms with Gasteiger partial charge in [-0.25, -0.2) is 8.78 Å². The Hall–Kier alpha value is -2.00. The Bertz CT molecular complexity index is 559. The van der Waals surface area contributed by atoms with Gasteiger partial charge in [-0.15, -0.1) is 0 Å². The minimum Gasteiger partial charge on any atom is -0.327 e. The molecule has 0 radical (unpaired) electrons. The average molecular weight is 245 g/mol. The Morgan fingerprint density at radius 1 is 0.944 bits per heavy atom. The molecule has 1 nitrogen and oxygen atoms in total. The highest BCUT2D eigenvalue weighted by atomic mass is 19.1. The lowest BCUT2D eigenvalue weighted by atomic mass is 10.0. The highest BCUT2D eigenvalue weighted by molar-refractivity contribution is 5.67. The summed E-state index contributed by atoms with van der Waals surface area (Å²) >= 11 is 0. The number of halogens is 2. The largest absolute Gasteiger partial charge is 0.327 e. The van der Waals surface area contributed by atoms with Gasteiger partial charge in [0.05, 0.1) is 0 Å². The lowest BCUT2D eigenvalue weighted by Crippen LogP contribution is -1.93. The van der Waals surface area contributed by atoms with Crippen molar-refractivity contribution < 1.29 is 8.78 Å². The smallest absolute Gasteiger partial charge is 0.130 e. The van der Waals surface area contributed by atoms with Crippen LogP contribution in [0.5, 0.6) is 0 Å². The molecule has 18 heavy (non-hydrogen) atoms. The van der Waals surface area contributed by atoms with Crippen molar-refractivity contribution >= 4 is 6.08 Å². The summed E-state index contributed by atoms with van der Waals surface area (Å²) in [6.45, 7) is 0.361. The minimum absolute atomic E-state index is 0.288. The topological polar surface area (TPSA) is 26.0 Å². The van der Waals surface area contributed by atoms with E-state index in [0.29, 0.717) is 12.1 Å². The molecule has 0 aliphatic heterocycles. The molecule has 3 heteroatoms. The fourth-order valence-electron chi connectivity index (χ4n) is 1.69. The van der Waals surface area contributed by atoms with Crippen LogP contribution >= 0.6 is 0 Å². The summed E-state index contributed by atoms with van der Waals surface area (Å²) in [5.74, 6) is -0.588. The van der Waals surface area contributed by atoms with Crippen LogP contribution in [-0.2, 0) is 0 Å². The van der Waals surface area contributed by atoms with Gasteiger partial charge in [-0.1, -0.05) is 30.4 Å². The van der Waals surface area contributed by atoms with Gasteiger partial charge < -0.3 is 5.73 Å². The lowest BCUT2D eigenvalue weighted by Gasteiger charge is -2.04. The van der Waals surface area contributed by atoms with Gasteiger partial charge in [-0.2, -0.15) is 0 Å². The zero-order valence-corrected chi connectivity index (χ0v) is 9.74. The van der Waals surface area contributed by atoms with Crippen LogP contribution in [-0.4, -0.2) is 6.54 Å². The molecule has 0 fully saturated rings. The third kappa shape index (κ3) is 2.81. The van der Waals surface area contributed by atoms with Crippen LogP contribution < -0.4 is 5.73 Å². The van der Waals surface area contributed by atoms with E-state index in [1.165, 1.54) is 18.2 Å². The molecule has 0 atom stereocenters. The first kappa shape index (κ1) is 12.5. The molecule has 0 amide bonds. The van der Waals surface area contributed by atoms with Gasteiger partial charge in [0.2, 0.25) is 0 Å². The van der Waals surface area contributed by atoms with E-state index in [1.807, 2.05) is 0 Å². The molecule has 0 spiro atoms. The van der Waals surface area contributed by atoms with Crippen molar-refractivity contribution in [1.29, 1.82) is 0 Å². The maximum Gasteiger partial charge on any atom is 0.130 e. The summed E-state index contributed by atoms with van der Waals surface area (Å²) in [5.41, 5.74) is 7.50. The van der Waals surface area contributed by atoms with Crippen LogP contribution in [0.15, 0.2) is 48.5 Å². The molecular formula is C15H13F2N. The van der Waals surface area contributed by atoms with E-state index in [1.54, 1.807) is 36.4 Å². The quantitative estimate of drug-likeness (QED) is 0.878. The second kappa shape index (κ2) is 5.56. The van der Waals surface area contributed by atoms with Gasteiger partial charge in [-0.3, -0.25) is 0 Å². The number of rotatable bonds is 3. The Labute approximate surface area is 105 Å². The SMILES string of the molecule is NC/C=C/c1cc(-c2ccc(F)cc2)ccc1F. The highest BCUT2D eigenvalue weighted by Crippen LogP contribution is 2.23. The standard InChI is InChI=1S/C15H13F2N/c16-14-6-3-11(4-7-14)12-5-8-15(17)13(10-12)2-1-9-18/h1-8,10H,9,18H2/b2-1+. The van der Waals surface area contributed by atoms with Crippen LogP contribution in [0.3, 0.4) is 0 Å². The summed E-state index contributed by atoms with van der Waals surface area (Å²) in [6.07, 6.45) is 3.33. The number of hydrogen-bond donors (Lipinski definition) is 1. The lowest BCUT2D eigenvalue weighted by molar-refractivity contribution is 0.625. The third-order valence-electron chi connectivity index (χ3n) is 2.61. The van der Waals surface area contributed by atoms with Crippen molar-refractivity contribution in [2.24, 2.45) is 5.73 Å². The molecule has 0 bridgehead atoms. The van der Waals surface area contributed by atoms with E-state index in [9.17, 15) is 8.78 Å². The molecule has 2 aromatic carbocycles.